The molecule has 3 aromatic carbocycles. The number of carbonyl (C=O) groups is 2. The fourth-order valence-electron chi connectivity index (χ4n) is 5.58. The molecule has 0 aromatic heterocycles. The molecule has 1 heterocycles. The summed E-state index contributed by atoms with van der Waals surface area (Å²) >= 11 is 0. The molecule has 1 aliphatic heterocycles. The lowest BCUT2D eigenvalue weighted by Gasteiger charge is -2.33. The van der Waals surface area contributed by atoms with E-state index < -0.39 is 5.97 Å². The highest BCUT2D eigenvalue weighted by Gasteiger charge is 2.28. The van der Waals surface area contributed by atoms with Gasteiger partial charge in [-0.2, -0.15) is 0 Å². The molecular weight excluding hydrogens is 464 g/mol. The van der Waals surface area contributed by atoms with Crippen molar-refractivity contribution >= 4 is 17.7 Å². The van der Waals surface area contributed by atoms with E-state index in [0.29, 0.717) is 30.7 Å². The Bertz CT molecular complexity index is 1230. The van der Waals surface area contributed by atoms with Crippen LogP contribution in [0.2, 0.25) is 0 Å². The van der Waals surface area contributed by atoms with Crippen LogP contribution in [0.25, 0.3) is 11.1 Å². The van der Waals surface area contributed by atoms with E-state index in [9.17, 15) is 9.59 Å². The molecule has 37 heavy (non-hydrogen) atoms. The quantitative estimate of drug-likeness (QED) is 0.401. The van der Waals surface area contributed by atoms with Crippen LogP contribution in [0.3, 0.4) is 0 Å². The number of carbonyl (C=O) groups excluding carboxylic acids is 1. The fraction of sp³-hybridized carbons (Fsp3) is 0.355. The summed E-state index contributed by atoms with van der Waals surface area (Å²) < 4.78 is 6.13. The van der Waals surface area contributed by atoms with Crippen LogP contribution in [0.4, 0.5) is 10.5 Å². The van der Waals surface area contributed by atoms with Gasteiger partial charge in [-0.3, -0.25) is 9.69 Å². The Morgan fingerprint density at radius 3 is 2.35 bits per heavy atom. The van der Waals surface area contributed by atoms with Crippen molar-refractivity contribution in [3.05, 3.63) is 83.9 Å². The van der Waals surface area contributed by atoms with Crippen LogP contribution in [0.5, 0.6) is 5.75 Å². The van der Waals surface area contributed by atoms with Crippen molar-refractivity contribution in [3.63, 3.8) is 0 Å². The monoisotopic (exact) mass is 498 g/mol. The first-order chi connectivity index (χ1) is 18.0. The average Bonchev–Trinajstić information content (AvgIpc) is 2.91. The standard InChI is InChI=1S/C31H34N2O4/c1-21-20-33(31(36)32-19-23-5-3-2-4-6-23)28-16-15-27(18-29(28)37-21)26-13-11-25(12-14-26)24-9-7-22(8-10-24)17-30(34)35/h2-6,11-16,18,21-22,24H,7-10,17,19-20H2,1H3,(H,32,36)(H,34,35)/t21?,22-,24-. The van der Waals surface area contributed by atoms with Crippen LogP contribution in [-0.4, -0.2) is 29.8 Å². The van der Waals surface area contributed by atoms with E-state index in [4.69, 9.17) is 9.84 Å². The maximum atomic E-state index is 13.0. The number of carboxylic acid groups (broad SMARTS) is 1. The number of fused-ring (bicyclic) bond motifs is 1. The van der Waals surface area contributed by atoms with Crippen LogP contribution in [0, 0.1) is 5.92 Å². The van der Waals surface area contributed by atoms with Crippen LogP contribution in [0.1, 0.15) is 56.1 Å². The Hall–Kier alpha value is -3.80. The number of ether oxygens (including phenoxy) is 1. The van der Waals surface area contributed by atoms with E-state index in [1.165, 1.54) is 5.56 Å². The maximum absolute atomic E-state index is 13.0. The van der Waals surface area contributed by atoms with Gasteiger partial charge in [0.1, 0.15) is 11.9 Å². The fourth-order valence-corrected chi connectivity index (χ4v) is 5.58. The van der Waals surface area contributed by atoms with Gasteiger partial charge in [0.05, 0.1) is 12.2 Å². The summed E-state index contributed by atoms with van der Waals surface area (Å²) in [7, 11) is 0. The number of urea groups is 1. The number of benzene rings is 3. The largest absolute Gasteiger partial charge is 0.487 e. The molecule has 192 valence electrons. The summed E-state index contributed by atoms with van der Waals surface area (Å²) in [5, 5.41) is 12.1. The van der Waals surface area contributed by atoms with E-state index in [-0.39, 0.29) is 18.6 Å². The van der Waals surface area contributed by atoms with E-state index in [2.05, 4.69) is 29.6 Å². The number of nitrogens with zero attached hydrogens (tertiary/aromatic N) is 1. The number of amides is 2. The van der Waals surface area contributed by atoms with Gasteiger partial charge in [0.15, 0.2) is 0 Å². The summed E-state index contributed by atoms with van der Waals surface area (Å²) in [5.74, 6) is 0.833. The van der Waals surface area contributed by atoms with Gasteiger partial charge < -0.3 is 15.2 Å². The molecule has 6 nitrogen and oxygen atoms in total. The minimum atomic E-state index is -0.688. The molecule has 5 rings (SSSR count). The van der Waals surface area contributed by atoms with Crippen LogP contribution >= 0.6 is 0 Å². The number of anilines is 1. The minimum absolute atomic E-state index is 0.108. The summed E-state index contributed by atoms with van der Waals surface area (Å²) in [4.78, 5) is 25.8. The summed E-state index contributed by atoms with van der Waals surface area (Å²) in [6, 6.07) is 24.5. The van der Waals surface area contributed by atoms with E-state index in [1.807, 2.05) is 55.5 Å². The highest BCUT2D eigenvalue weighted by molar-refractivity contribution is 5.94. The molecule has 0 bridgehead atoms. The Morgan fingerprint density at radius 1 is 0.946 bits per heavy atom. The van der Waals surface area contributed by atoms with Gasteiger partial charge in [-0.15, -0.1) is 0 Å². The molecular formula is C31H34N2O4. The van der Waals surface area contributed by atoms with E-state index >= 15 is 0 Å². The molecule has 1 fully saturated rings. The number of hydrogen-bond acceptors (Lipinski definition) is 3. The van der Waals surface area contributed by atoms with Gasteiger partial charge in [0, 0.05) is 13.0 Å². The molecule has 0 saturated heterocycles. The zero-order valence-electron chi connectivity index (χ0n) is 21.2. The summed E-state index contributed by atoms with van der Waals surface area (Å²) in [6.07, 6.45) is 4.23. The minimum Gasteiger partial charge on any atom is -0.487 e. The second kappa shape index (κ2) is 11.1. The topological polar surface area (TPSA) is 78.9 Å². The molecule has 2 amide bonds. The third kappa shape index (κ3) is 5.96. The Labute approximate surface area is 218 Å². The molecule has 6 heteroatoms. The number of rotatable bonds is 6. The lowest BCUT2D eigenvalue weighted by atomic mass is 9.77. The van der Waals surface area contributed by atoms with Crippen molar-refractivity contribution in [1.82, 2.24) is 5.32 Å². The molecule has 2 aliphatic rings. The number of nitrogens with one attached hydrogen (secondary N) is 1. The SMILES string of the molecule is CC1CN(C(=O)NCc2ccccc2)c2ccc(-c3ccc([C@H]4CC[C@H](CC(=O)O)CC4)cc3)cc2O1. The zero-order chi connectivity index (χ0) is 25.8. The molecule has 0 spiro atoms. The second-order valence-electron chi connectivity index (χ2n) is 10.3. The normalized spacial score (nSPS) is 21.0. The molecule has 1 unspecified atom stereocenters. The highest BCUT2D eigenvalue weighted by atomic mass is 16.5. The lowest BCUT2D eigenvalue weighted by Crippen LogP contribution is -2.47. The Balaban J connectivity index is 1.26. The Kier molecular flexibility index (Phi) is 7.45. The van der Waals surface area contributed by atoms with Crippen molar-refractivity contribution in [3.8, 4) is 16.9 Å². The molecule has 0 radical (unpaired) electrons. The molecule has 1 aliphatic carbocycles. The van der Waals surface area contributed by atoms with E-state index in [1.54, 1.807) is 4.90 Å². The van der Waals surface area contributed by atoms with Crippen molar-refractivity contribution in [1.29, 1.82) is 0 Å². The van der Waals surface area contributed by atoms with Gasteiger partial charge >= 0.3 is 12.0 Å². The number of aliphatic carboxylic acids is 1. The summed E-state index contributed by atoms with van der Waals surface area (Å²) in [5.41, 5.74) is 5.32. The predicted octanol–water partition coefficient (Wildman–Crippen LogP) is 6.60. The first kappa shape index (κ1) is 24.9. The Morgan fingerprint density at radius 2 is 1.65 bits per heavy atom. The number of hydrogen-bond donors (Lipinski definition) is 2. The molecule has 1 atom stereocenters. The first-order valence-electron chi connectivity index (χ1n) is 13.2. The van der Waals surface area contributed by atoms with Crippen LogP contribution < -0.4 is 15.0 Å². The van der Waals surface area contributed by atoms with Crippen molar-refractivity contribution in [2.45, 2.75) is 57.6 Å². The highest BCUT2D eigenvalue weighted by Crippen LogP contribution is 2.39. The van der Waals surface area contributed by atoms with Crippen molar-refractivity contribution in [2.24, 2.45) is 5.92 Å². The van der Waals surface area contributed by atoms with Crippen LogP contribution in [0.15, 0.2) is 72.8 Å². The van der Waals surface area contributed by atoms with Crippen molar-refractivity contribution < 1.29 is 19.4 Å². The second-order valence-corrected chi connectivity index (χ2v) is 10.3. The maximum Gasteiger partial charge on any atom is 0.322 e. The summed E-state index contributed by atoms with van der Waals surface area (Å²) in [6.45, 7) is 2.95. The van der Waals surface area contributed by atoms with Gasteiger partial charge in [0.2, 0.25) is 0 Å². The molecule has 2 N–H and O–H groups in total. The average molecular weight is 499 g/mol. The third-order valence-electron chi connectivity index (χ3n) is 7.58. The van der Waals surface area contributed by atoms with E-state index in [0.717, 1.165) is 48.1 Å². The van der Waals surface area contributed by atoms with Gasteiger partial charge in [-0.25, -0.2) is 4.79 Å². The smallest absolute Gasteiger partial charge is 0.322 e. The van der Waals surface area contributed by atoms with Crippen LogP contribution in [-0.2, 0) is 11.3 Å². The zero-order valence-corrected chi connectivity index (χ0v) is 21.2. The third-order valence-corrected chi connectivity index (χ3v) is 7.58. The molecule has 3 aromatic rings. The van der Waals surface area contributed by atoms with Gasteiger partial charge in [-0.05, 0) is 78.8 Å². The van der Waals surface area contributed by atoms with Gasteiger partial charge in [-0.1, -0.05) is 60.7 Å². The predicted molar refractivity (Wildman–Crippen MR) is 145 cm³/mol. The first-order valence-corrected chi connectivity index (χ1v) is 13.2. The molecule has 1 saturated carbocycles. The van der Waals surface area contributed by atoms with Gasteiger partial charge in [0.25, 0.3) is 0 Å². The van der Waals surface area contributed by atoms with Crippen molar-refractivity contribution in [2.75, 3.05) is 11.4 Å². The lowest BCUT2D eigenvalue weighted by molar-refractivity contribution is -0.138. The number of carboxylic acids is 1.